The molecule has 0 aliphatic carbocycles. The minimum absolute atomic E-state index is 0.0496. The van der Waals surface area contributed by atoms with Crippen LogP contribution in [0.25, 0.3) is 0 Å². The molecule has 0 amide bonds. The normalized spacial score (nSPS) is 14.1. The van der Waals surface area contributed by atoms with Crippen molar-refractivity contribution in [1.29, 1.82) is 0 Å². The molecule has 0 fully saturated rings. The summed E-state index contributed by atoms with van der Waals surface area (Å²) < 4.78 is 0. The van der Waals surface area contributed by atoms with Gasteiger partial charge in [-0.15, -0.1) is 0 Å². The lowest BCUT2D eigenvalue weighted by atomic mass is 9.83. The van der Waals surface area contributed by atoms with E-state index in [4.69, 9.17) is 0 Å². The first-order valence-electron chi connectivity index (χ1n) is 6.17. The summed E-state index contributed by atoms with van der Waals surface area (Å²) in [7, 11) is 0. The molecule has 2 nitrogen and oxygen atoms in total. The number of hydrogen-bond donors (Lipinski definition) is 2. The molecule has 0 saturated heterocycles. The van der Waals surface area contributed by atoms with Gasteiger partial charge < -0.3 is 10.2 Å². The van der Waals surface area contributed by atoms with Gasteiger partial charge in [-0.1, -0.05) is 50.2 Å². The van der Waals surface area contributed by atoms with Crippen molar-refractivity contribution < 1.29 is 10.2 Å². The molecule has 2 rings (SSSR count). The predicted molar refractivity (Wildman–Crippen MR) is 73.0 cm³/mol. The Labute approximate surface area is 108 Å². The van der Waals surface area contributed by atoms with E-state index in [1.54, 1.807) is 18.2 Å². The second-order valence-corrected chi connectivity index (χ2v) is 4.70. The first-order chi connectivity index (χ1) is 8.61. The topological polar surface area (TPSA) is 40.5 Å². The van der Waals surface area contributed by atoms with Crippen LogP contribution in [0.3, 0.4) is 0 Å². The van der Waals surface area contributed by atoms with Gasteiger partial charge in [0.15, 0.2) is 0 Å². The van der Waals surface area contributed by atoms with E-state index in [1.807, 2.05) is 25.1 Å². The van der Waals surface area contributed by atoms with Crippen LogP contribution in [0.4, 0.5) is 0 Å². The summed E-state index contributed by atoms with van der Waals surface area (Å²) in [4.78, 5) is 0. The molecule has 2 N–H and O–H groups in total. The molecule has 2 atom stereocenters. The number of rotatable bonds is 3. The zero-order valence-electron chi connectivity index (χ0n) is 10.7. The fourth-order valence-corrected chi connectivity index (χ4v) is 2.30. The van der Waals surface area contributed by atoms with Gasteiger partial charge in [0.1, 0.15) is 11.5 Å². The van der Waals surface area contributed by atoms with Crippen molar-refractivity contribution in [2.45, 2.75) is 25.7 Å². The Hall–Kier alpha value is -1.96. The standard InChI is InChI=1S/C16H18O2/c1-11(13-7-4-3-5-8-13)12(2)16-14(17)9-6-10-15(16)18/h3-12,17-18H,1-2H3. The fraction of sp³-hybridized carbons (Fsp3) is 0.250. The van der Waals surface area contributed by atoms with Gasteiger partial charge in [0, 0.05) is 5.56 Å². The van der Waals surface area contributed by atoms with Crippen molar-refractivity contribution in [2.24, 2.45) is 0 Å². The van der Waals surface area contributed by atoms with E-state index < -0.39 is 0 Å². The zero-order valence-corrected chi connectivity index (χ0v) is 10.7. The van der Waals surface area contributed by atoms with E-state index in [-0.39, 0.29) is 23.3 Å². The zero-order chi connectivity index (χ0) is 13.1. The van der Waals surface area contributed by atoms with E-state index >= 15 is 0 Å². The lowest BCUT2D eigenvalue weighted by Gasteiger charge is -2.22. The molecule has 0 radical (unpaired) electrons. The largest absolute Gasteiger partial charge is 0.508 e. The van der Waals surface area contributed by atoms with Gasteiger partial charge >= 0.3 is 0 Å². The van der Waals surface area contributed by atoms with Crippen molar-refractivity contribution in [3.8, 4) is 11.5 Å². The van der Waals surface area contributed by atoms with E-state index in [0.717, 1.165) is 0 Å². The van der Waals surface area contributed by atoms with E-state index in [9.17, 15) is 10.2 Å². The summed E-state index contributed by atoms with van der Waals surface area (Å²) in [6.45, 7) is 4.12. The minimum Gasteiger partial charge on any atom is -0.508 e. The maximum Gasteiger partial charge on any atom is 0.122 e. The molecule has 0 aliphatic rings. The van der Waals surface area contributed by atoms with Crippen molar-refractivity contribution in [3.05, 3.63) is 59.7 Å². The van der Waals surface area contributed by atoms with Crippen LogP contribution in [0, 0.1) is 0 Å². The summed E-state index contributed by atoms with van der Waals surface area (Å²) in [6.07, 6.45) is 0. The van der Waals surface area contributed by atoms with Gasteiger partial charge in [-0.2, -0.15) is 0 Å². The van der Waals surface area contributed by atoms with Gasteiger partial charge in [-0.25, -0.2) is 0 Å². The van der Waals surface area contributed by atoms with E-state index in [2.05, 4.69) is 19.1 Å². The SMILES string of the molecule is CC(c1ccccc1)C(C)c1c(O)cccc1O. The van der Waals surface area contributed by atoms with Crippen LogP contribution >= 0.6 is 0 Å². The van der Waals surface area contributed by atoms with Crippen LogP contribution in [0.2, 0.25) is 0 Å². The molecule has 0 bridgehead atoms. The molecule has 94 valence electrons. The molecule has 0 aromatic heterocycles. The maximum atomic E-state index is 9.90. The Bertz CT molecular complexity index is 500. The molecular formula is C16H18O2. The molecule has 0 heterocycles. The predicted octanol–water partition coefficient (Wildman–Crippen LogP) is 4.01. The van der Waals surface area contributed by atoms with Crippen LogP contribution in [-0.4, -0.2) is 10.2 Å². The highest BCUT2D eigenvalue weighted by atomic mass is 16.3. The van der Waals surface area contributed by atoms with Crippen molar-refractivity contribution >= 4 is 0 Å². The third-order valence-electron chi connectivity index (χ3n) is 3.59. The number of hydrogen-bond acceptors (Lipinski definition) is 2. The highest BCUT2D eigenvalue weighted by Crippen LogP contribution is 2.40. The summed E-state index contributed by atoms with van der Waals surface area (Å²) in [6, 6.07) is 15.0. The maximum absolute atomic E-state index is 9.90. The summed E-state index contributed by atoms with van der Waals surface area (Å²) in [5.74, 6) is 0.592. The van der Waals surface area contributed by atoms with Gasteiger partial charge in [-0.05, 0) is 29.5 Å². The minimum atomic E-state index is 0.0496. The molecule has 2 aromatic carbocycles. The molecule has 0 aliphatic heterocycles. The number of phenols is 2. The first kappa shape index (κ1) is 12.5. The van der Waals surface area contributed by atoms with Gasteiger partial charge in [0.05, 0.1) is 0 Å². The third-order valence-corrected chi connectivity index (χ3v) is 3.59. The van der Waals surface area contributed by atoms with E-state index in [1.165, 1.54) is 5.56 Å². The van der Waals surface area contributed by atoms with Crippen molar-refractivity contribution in [2.75, 3.05) is 0 Å². The lowest BCUT2D eigenvalue weighted by molar-refractivity contribution is 0.423. The lowest BCUT2D eigenvalue weighted by Crippen LogP contribution is -2.05. The molecule has 2 unspecified atom stereocenters. The van der Waals surface area contributed by atoms with Gasteiger partial charge in [0.25, 0.3) is 0 Å². The quantitative estimate of drug-likeness (QED) is 0.853. The molecule has 2 heteroatoms. The Balaban J connectivity index is 2.34. The molecular weight excluding hydrogens is 224 g/mol. The number of phenolic OH excluding ortho intramolecular Hbond substituents is 2. The van der Waals surface area contributed by atoms with Crippen LogP contribution in [0.5, 0.6) is 11.5 Å². The molecule has 0 saturated carbocycles. The second kappa shape index (κ2) is 5.13. The van der Waals surface area contributed by atoms with Crippen LogP contribution in [0.1, 0.15) is 36.8 Å². The summed E-state index contributed by atoms with van der Waals surface area (Å²) >= 11 is 0. The summed E-state index contributed by atoms with van der Waals surface area (Å²) in [5.41, 5.74) is 1.82. The van der Waals surface area contributed by atoms with Crippen molar-refractivity contribution in [3.63, 3.8) is 0 Å². The highest BCUT2D eigenvalue weighted by Gasteiger charge is 2.21. The van der Waals surface area contributed by atoms with Crippen LogP contribution in [-0.2, 0) is 0 Å². The third kappa shape index (κ3) is 2.33. The van der Waals surface area contributed by atoms with Crippen molar-refractivity contribution in [1.82, 2.24) is 0 Å². The smallest absolute Gasteiger partial charge is 0.122 e. The van der Waals surface area contributed by atoms with Gasteiger partial charge in [-0.3, -0.25) is 0 Å². The number of aromatic hydroxyl groups is 2. The number of benzene rings is 2. The monoisotopic (exact) mass is 242 g/mol. The Morgan fingerprint density at radius 3 is 1.83 bits per heavy atom. The molecule has 18 heavy (non-hydrogen) atoms. The van der Waals surface area contributed by atoms with Gasteiger partial charge in [0.2, 0.25) is 0 Å². The van der Waals surface area contributed by atoms with Crippen LogP contribution < -0.4 is 0 Å². The highest BCUT2D eigenvalue weighted by molar-refractivity contribution is 5.46. The average Bonchev–Trinajstić information content (AvgIpc) is 2.38. The fourth-order valence-electron chi connectivity index (χ4n) is 2.30. The van der Waals surface area contributed by atoms with Crippen LogP contribution in [0.15, 0.2) is 48.5 Å². The Kier molecular flexibility index (Phi) is 3.56. The Morgan fingerprint density at radius 1 is 0.722 bits per heavy atom. The average molecular weight is 242 g/mol. The molecule has 0 spiro atoms. The molecule has 2 aromatic rings. The first-order valence-corrected chi connectivity index (χ1v) is 6.17. The Morgan fingerprint density at radius 2 is 1.28 bits per heavy atom. The second-order valence-electron chi connectivity index (χ2n) is 4.70. The van der Waals surface area contributed by atoms with E-state index in [0.29, 0.717) is 5.56 Å². The summed E-state index contributed by atoms with van der Waals surface area (Å²) in [5, 5.41) is 19.8.